The van der Waals surface area contributed by atoms with Crippen molar-refractivity contribution in [3.63, 3.8) is 0 Å². The van der Waals surface area contributed by atoms with E-state index in [2.05, 4.69) is 12.2 Å². The van der Waals surface area contributed by atoms with Gasteiger partial charge in [0, 0.05) is 36.6 Å². The number of piperazine rings is 1. The number of hydrogen-bond acceptors (Lipinski definition) is 4. The van der Waals surface area contributed by atoms with Gasteiger partial charge in [-0.25, -0.2) is 0 Å². The van der Waals surface area contributed by atoms with Crippen LogP contribution in [-0.2, 0) is 0 Å². The van der Waals surface area contributed by atoms with Crippen molar-refractivity contribution >= 4 is 16.9 Å². The van der Waals surface area contributed by atoms with Gasteiger partial charge in [0.2, 0.25) is 0 Å². The molecule has 1 aromatic carbocycles. The molecule has 0 radical (unpaired) electrons. The second kappa shape index (κ2) is 5.41. The van der Waals surface area contributed by atoms with Crippen LogP contribution in [0.2, 0.25) is 0 Å². The zero-order valence-corrected chi connectivity index (χ0v) is 12.6. The number of para-hydroxylation sites is 1. The smallest absolute Gasteiger partial charge is 0.289 e. The molecule has 1 fully saturated rings. The van der Waals surface area contributed by atoms with E-state index in [4.69, 9.17) is 9.15 Å². The van der Waals surface area contributed by atoms with Crippen LogP contribution in [0.1, 0.15) is 23.0 Å². The van der Waals surface area contributed by atoms with Crippen molar-refractivity contribution in [2.75, 3.05) is 26.7 Å². The van der Waals surface area contributed by atoms with Gasteiger partial charge in [0.15, 0.2) is 17.1 Å². The van der Waals surface area contributed by atoms with E-state index in [0.717, 1.165) is 17.5 Å². The van der Waals surface area contributed by atoms with Crippen LogP contribution in [0.5, 0.6) is 5.75 Å². The van der Waals surface area contributed by atoms with Crippen LogP contribution in [0.25, 0.3) is 11.0 Å². The van der Waals surface area contributed by atoms with Gasteiger partial charge in [-0.2, -0.15) is 0 Å². The Kier molecular flexibility index (Phi) is 3.59. The summed E-state index contributed by atoms with van der Waals surface area (Å²) in [6, 6.07) is 6.01. The summed E-state index contributed by atoms with van der Waals surface area (Å²) in [6.45, 7) is 6.22. The van der Waals surface area contributed by atoms with E-state index < -0.39 is 0 Å². The lowest BCUT2D eigenvalue weighted by molar-refractivity contribution is 0.0678. The average molecular weight is 288 g/mol. The molecule has 1 N–H and O–H groups in total. The molecule has 1 saturated heterocycles. The molecular weight excluding hydrogens is 268 g/mol. The molecule has 0 spiro atoms. The molecule has 1 atom stereocenters. The van der Waals surface area contributed by atoms with Gasteiger partial charge in [-0.05, 0) is 19.9 Å². The minimum absolute atomic E-state index is 0.0425. The molecular formula is C16H20N2O3. The van der Waals surface area contributed by atoms with Crippen LogP contribution in [0.3, 0.4) is 0 Å². The van der Waals surface area contributed by atoms with E-state index in [0.29, 0.717) is 36.2 Å². The van der Waals surface area contributed by atoms with Gasteiger partial charge < -0.3 is 19.4 Å². The van der Waals surface area contributed by atoms with Crippen molar-refractivity contribution < 1.29 is 13.9 Å². The lowest BCUT2D eigenvalue weighted by Crippen LogP contribution is -2.51. The fraction of sp³-hybridized carbons (Fsp3) is 0.438. The maximum Gasteiger partial charge on any atom is 0.289 e. The topological polar surface area (TPSA) is 54.7 Å². The number of ether oxygens (including phenoxy) is 1. The van der Waals surface area contributed by atoms with Crippen molar-refractivity contribution in [1.29, 1.82) is 0 Å². The number of benzene rings is 1. The SMILES string of the molecule is COc1cccc2c(C)c(C(=O)N3CCN[C@@H](C)C3)oc12. The minimum Gasteiger partial charge on any atom is -0.493 e. The first-order valence-corrected chi connectivity index (χ1v) is 7.20. The van der Waals surface area contributed by atoms with Gasteiger partial charge >= 0.3 is 0 Å². The zero-order valence-electron chi connectivity index (χ0n) is 12.6. The molecule has 112 valence electrons. The molecule has 5 nitrogen and oxygen atoms in total. The molecule has 1 aliphatic rings. The molecule has 0 saturated carbocycles. The Hall–Kier alpha value is -2.01. The third-order valence-electron chi connectivity index (χ3n) is 4.00. The first-order valence-electron chi connectivity index (χ1n) is 7.20. The number of nitrogens with one attached hydrogen (secondary N) is 1. The average Bonchev–Trinajstić information content (AvgIpc) is 2.84. The van der Waals surface area contributed by atoms with Gasteiger partial charge in [0.1, 0.15) is 0 Å². The first kappa shape index (κ1) is 13.9. The quantitative estimate of drug-likeness (QED) is 0.920. The van der Waals surface area contributed by atoms with Crippen molar-refractivity contribution in [2.24, 2.45) is 0 Å². The number of amides is 1. The highest BCUT2D eigenvalue weighted by Crippen LogP contribution is 2.32. The van der Waals surface area contributed by atoms with E-state index in [1.807, 2.05) is 30.0 Å². The van der Waals surface area contributed by atoms with Crippen molar-refractivity contribution in [3.8, 4) is 5.75 Å². The molecule has 1 aromatic heterocycles. The van der Waals surface area contributed by atoms with Crippen LogP contribution >= 0.6 is 0 Å². The Labute approximate surface area is 123 Å². The molecule has 0 aliphatic carbocycles. The van der Waals surface area contributed by atoms with Crippen molar-refractivity contribution in [2.45, 2.75) is 19.9 Å². The second-order valence-corrected chi connectivity index (χ2v) is 5.50. The normalized spacial score (nSPS) is 19.0. The number of carbonyl (C=O) groups is 1. The van der Waals surface area contributed by atoms with E-state index in [1.54, 1.807) is 7.11 Å². The van der Waals surface area contributed by atoms with Gasteiger partial charge in [-0.1, -0.05) is 12.1 Å². The highest BCUT2D eigenvalue weighted by atomic mass is 16.5. The molecule has 3 rings (SSSR count). The minimum atomic E-state index is -0.0425. The summed E-state index contributed by atoms with van der Waals surface area (Å²) in [4.78, 5) is 14.5. The number of rotatable bonds is 2. The molecule has 2 aromatic rings. The predicted molar refractivity (Wildman–Crippen MR) is 80.9 cm³/mol. The number of hydrogen-bond donors (Lipinski definition) is 1. The number of fused-ring (bicyclic) bond motifs is 1. The summed E-state index contributed by atoms with van der Waals surface area (Å²) in [5.41, 5.74) is 1.52. The molecule has 1 aliphatic heterocycles. The predicted octanol–water partition coefficient (Wildman–Crippen LogP) is 2.18. The molecule has 5 heteroatoms. The third-order valence-corrected chi connectivity index (χ3v) is 4.00. The highest BCUT2D eigenvalue weighted by Gasteiger charge is 2.27. The fourth-order valence-electron chi connectivity index (χ4n) is 2.84. The highest BCUT2D eigenvalue weighted by molar-refractivity contribution is 6.00. The first-order chi connectivity index (χ1) is 10.1. The van der Waals surface area contributed by atoms with Gasteiger partial charge in [0.05, 0.1) is 7.11 Å². The summed E-state index contributed by atoms with van der Waals surface area (Å²) >= 11 is 0. The maximum atomic E-state index is 12.7. The van der Waals surface area contributed by atoms with Crippen molar-refractivity contribution in [3.05, 3.63) is 29.5 Å². The molecule has 0 bridgehead atoms. The van der Waals surface area contributed by atoms with E-state index in [-0.39, 0.29) is 5.91 Å². The molecule has 21 heavy (non-hydrogen) atoms. The van der Waals surface area contributed by atoms with Gasteiger partial charge in [0.25, 0.3) is 5.91 Å². The summed E-state index contributed by atoms with van der Waals surface area (Å²) in [7, 11) is 1.60. The lowest BCUT2D eigenvalue weighted by Gasteiger charge is -2.31. The Balaban J connectivity index is 2.00. The number of furan rings is 1. The molecule has 1 amide bonds. The van der Waals surface area contributed by atoms with Crippen LogP contribution in [0.4, 0.5) is 0 Å². The van der Waals surface area contributed by atoms with E-state index in [1.165, 1.54) is 0 Å². The maximum absolute atomic E-state index is 12.7. The van der Waals surface area contributed by atoms with E-state index in [9.17, 15) is 4.79 Å². The summed E-state index contributed by atoms with van der Waals surface area (Å²) in [6.07, 6.45) is 0. The third kappa shape index (κ3) is 2.38. The number of nitrogens with zero attached hydrogens (tertiary/aromatic N) is 1. The number of carbonyl (C=O) groups excluding carboxylic acids is 1. The number of methoxy groups -OCH3 is 1. The Bertz CT molecular complexity index is 677. The molecule has 0 unspecified atom stereocenters. The summed E-state index contributed by atoms with van der Waals surface area (Å²) in [5, 5.41) is 4.26. The lowest BCUT2D eigenvalue weighted by atomic mass is 10.1. The van der Waals surface area contributed by atoms with Gasteiger partial charge in [-0.15, -0.1) is 0 Å². The molecule has 2 heterocycles. The standard InChI is InChI=1S/C16H20N2O3/c1-10-9-18(8-7-17-10)16(19)14-11(2)12-5-4-6-13(20-3)15(12)21-14/h4-6,10,17H,7-9H2,1-3H3/t10-/m0/s1. The number of aryl methyl sites for hydroxylation is 1. The van der Waals surface area contributed by atoms with Crippen molar-refractivity contribution in [1.82, 2.24) is 10.2 Å². The Morgan fingerprint density at radius 2 is 2.29 bits per heavy atom. The zero-order chi connectivity index (χ0) is 15.0. The van der Waals surface area contributed by atoms with Gasteiger partial charge in [-0.3, -0.25) is 4.79 Å². The summed E-state index contributed by atoms with van der Waals surface area (Å²) in [5.74, 6) is 1.03. The Morgan fingerprint density at radius 3 is 3.00 bits per heavy atom. The monoisotopic (exact) mass is 288 g/mol. The van der Waals surface area contributed by atoms with Crippen LogP contribution in [-0.4, -0.2) is 43.6 Å². The van der Waals surface area contributed by atoms with Crippen LogP contribution in [0.15, 0.2) is 22.6 Å². The van der Waals surface area contributed by atoms with Crippen LogP contribution in [0, 0.1) is 6.92 Å². The fourth-order valence-corrected chi connectivity index (χ4v) is 2.84. The van der Waals surface area contributed by atoms with Crippen LogP contribution < -0.4 is 10.1 Å². The second-order valence-electron chi connectivity index (χ2n) is 5.50. The largest absolute Gasteiger partial charge is 0.493 e. The summed E-state index contributed by atoms with van der Waals surface area (Å²) < 4.78 is 11.1. The van der Waals surface area contributed by atoms with E-state index >= 15 is 0 Å². The Morgan fingerprint density at radius 1 is 1.48 bits per heavy atom.